The average molecular weight is 284 g/mol. The minimum atomic E-state index is -0.884. The van der Waals surface area contributed by atoms with Crippen molar-refractivity contribution in [3.63, 3.8) is 0 Å². The third kappa shape index (κ3) is 2.57. The van der Waals surface area contributed by atoms with Gasteiger partial charge in [-0.05, 0) is 18.6 Å². The molecule has 0 aliphatic rings. The number of alkyl halides is 1. The van der Waals surface area contributed by atoms with E-state index in [9.17, 15) is 14.7 Å². The number of carbonyl (C=O) groups excluding carboxylic acids is 1. The van der Waals surface area contributed by atoms with Gasteiger partial charge in [-0.1, -0.05) is 19.1 Å². The van der Waals surface area contributed by atoms with Gasteiger partial charge in [0.2, 0.25) is 5.91 Å². The summed E-state index contributed by atoms with van der Waals surface area (Å²) in [6, 6.07) is 6.66. The zero-order valence-corrected chi connectivity index (χ0v) is 11.1. The number of rotatable bonds is 4. The second-order valence-electron chi connectivity index (χ2n) is 4.34. The highest BCUT2D eigenvalue weighted by Crippen LogP contribution is 2.16. The van der Waals surface area contributed by atoms with Crippen molar-refractivity contribution >= 4 is 28.6 Å². The molecule has 0 amide bonds. The molecule has 0 spiro atoms. The number of halogens is 1. The zero-order chi connectivity index (χ0) is 14.0. The molecule has 102 valence electrons. The van der Waals surface area contributed by atoms with Crippen molar-refractivity contribution in [2.75, 3.05) is 5.88 Å². The van der Waals surface area contributed by atoms with Crippen LogP contribution >= 0.6 is 11.6 Å². The number of nitrogens with zero attached hydrogens (tertiary/aromatic N) is 1. The van der Waals surface area contributed by atoms with Crippen LogP contribution in [0.1, 0.15) is 18.1 Å². The summed E-state index contributed by atoms with van der Waals surface area (Å²) in [6.07, 6.45) is -0.593. The topological polar surface area (TPSA) is 72.4 Å². The fraction of sp³-hybridized carbons (Fsp3) is 0.385. The number of hydrogen-bond acceptors (Lipinski definition) is 4. The molecule has 1 aromatic carbocycles. The van der Waals surface area contributed by atoms with Crippen LogP contribution < -0.4 is 5.76 Å². The van der Waals surface area contributed by atoms with E-state index in [-0.39, 0.29) is 5.88 Å². The Morgan fingerprint density at radius 1 is 1.47 bits per heavy atom. The van der Waals surface area contributed by atoms with Crippen LogP contribution in [-0.2, 0) is 0 Å². The van der Waals surface area contributed by atoms with E-state index in [2.05, 4.69) is 0 Å². The monoisotopic (exact) mass is 283 g/mol. The highest BCUT2D eigenvalue weighted by atomic mass is 35.5. The number of aliphatic hydroxyl groups excluding tert-OH is 1. The Bertz CT molecular complexity index is 645. The summed E-state index contributed by atoms with van der Waals surface area (Å²) >= 11 is 5.54. The first-order chi connectivity index (χ1) is 9.06. The minimum absolute atomic E-state index is 0.250. The van der Waals surface area contributed by atoms with Crippen LogP contribution in [0, 0.1) is 5.92 Å². The number of carbonyl (C=O) groups is 1. The number of para-hydroxylation sites is 2. The Morgan fingerprint density at radius 3 is 2.84 bits per heavy atom. The maximum Gasteiger partial charge on any atom is 0.426 e. The quantitative estimate of drug-likeness (QED) is 0.869. The fourth-order valence-corrected chi connectivity index (χ4v) is 2.13. The summed E-state index contributed by atoms with van der Waals surface area (Å²) < 4.78 is 5.94. The number of fused-ring (bicyclic) bond motifs is 1. The largest absolute Gasteiger partial charge is 0.426 e. The van der Waals surface area contributed by atoms with Crippen LogP contribution in [0.25, 0.3) is 11.1 Å². The van der Waals surface area contributed by atoms with Crippen molar-refractivity contribution in [3.8, 4) is 0 Å². The number of aliphatic hydroxyl groups is 1. The molecule has 1 heterocycles. The van der Waals surface area contributed by atoms with E-state index in [1.54, 1.807) is 31.2 Å². The van der Waals surface area contributed by atoms with E-state index in [0.717, 1.165) is 4.57 Å². The van der Waals surface area contributed by atoms with E-state index in [1.807, 2.05) is 0 Å². The first kappa shape index (κ1) is 13.8. The molecule has 1 aromatic heterocycles. The summed E-state index contributed by atoms with van der Waals surface area (Å²) in [6.45, 7) is 1.56. The van der Waals surface area contributed by atoms with Gasteiger partial charge < -0.3 is 9.52 Å². The number of aromatic nitrogens is 1. The van der Waals surface area contributed by atoms with Crippen molar-refractivity contribution < 1.29 is 14.3 Å². The summed E-state index contributed by atoms with van der Waals surface area (Å²) in [7, 11) is 0. The molecular formula is C13H14ClNO4. The van der Waals surface area contributed by atoms with Gasteiger partial charge in [0, 0.05) is 5.88 Å². The van der Waals surface area contributed by atoms with E-state index >= 15 is 0 Å². The van der Waals surface area contributed by atoms with Crippen LogP contribution in [0.15, 0.2) is 33.5 Å². The lowest BCUT2D eigenvalue weighted by Crippen LogP contribution is -2.34. The molecule has 0 saturated carbocycles. The van der Waals surface area contributed by atoms with Gasteiger partial charge in [-0.25, -0.2) is 9.36 Å². The summed E-state index contributed by atoms with van der Waals surface area (Å²) in [4.78, 5) is 24.0. The van der Waals surface area contributed by atoms with Gasteiger partial charge in [0.15, 0.2) is 5.58 Å². The van der Waals surface area contributed by atoms with E-state index in [0.29, 0.717) is 17.5 Å². The van der Waals surface area contributed by atoms with Crippen LogP contribution in [0.4, 0.5) is 0 Å². The van der Waals surface area contributed by atoms with Crippen LogP contribution in [0.3, 0.4) is 0 Å². The lowest BCUT2D eigenvalue weighted by atomic mass is 10.0. The fourth-order valence-electron chi connectivity index (χ4n) is 1.90. The van der Waals surface area contributed by atoms with Crippen LogP contribution in [-0.4, -0.2) is 27.6 Å². The van der Waals surface area contributed by atoms with E-state index in [4.69, 9.17) is 16.0 Å². The molecule has 2 rings (SSSR count). The van der Waals surface area contributed by atoms with Gasteiger partial charge in [0.25, 0.3) is 0 Å². The van der Waals surface area contributed by atoms with Gasteiger partial charge in [-0.15, -0.1) is 11.6 Å². The second-order valence-corrected chi connectivity index (χ2v) is 4.72. The molecule has 0 aliphatic heterocycles. The summed E-state index contributed by atoms with van der Waals surface area (Å²) in [5, 5.41) is 9.80. The first-order valence-corrected chi connectivity index (χ1v) is 6.48. The SMILES string of the molecule is CC(C(=O)n1c(=O)oc2ccccc21)C(O)CCCl. The lowest BCUT2D eigenvalue weighted by Gasteiger charge is -2.16. The third-order valence-corrected chi connectivity index (χ3v) is 3.30. The second kappa shape index (κ2) is 5.59. The molecule has 0 aliphatic carbocycles. The van der Waals surface area contributed by atoms with Crippen molar-refractivity contribution in [2.24, 2.45) is 5.92 Å². The molecule has 1 N–H and O–H groups in total. The highest BCUT2D eigenvalue weighted by molar-refractivity contribution is 6.17. The minimum Gasteiger partial charge on any atom is -0.407 e. The van der Waals surface area contributed by atoms with Crippen molar-refractivity contribution in [3.05, 3.63) is 34.8 Å². The Morgan fingerprint density at radius 2 is 2.16 bits per heavy atom. The molecule has 0 saturated heterocycles. The number of oxazole rings is 1. The normalized spacial score (nSPS) is 14.5. The Kier molecular flexibility index (Phi) is 4.07. The smallest absolute Gasteiger partial charge is 0.407 e. The highest BCUT2D eigenvalue weighted by Gasteiger charge is 2.26. The average Bonchev–Trinajstić information content (AvgIpc) is 2.73. The molecule has 0 bridgehead atoms. The predicted molar refractivity (Wildman–Crippen MR) is 71.6 cm³/mol. The molecule has 2 unspecified atom stereocenters. The third-order valence-electron chi connectivity index (χ3n) is 3.08. The van der Waals surface area contributed by atoms with Crippen LogP contribution in [0.2, 0.25) is 0 Å². The molecule has 19 heavy (non-hydrogen) atoms. The number of benzene rings is 1. The van der Waals surface area contributed by atoms with Gasteiger partial charge >= 0.3 is 5.76 Å². The number of hydrogen-bond donors (Lipinski definition) is 1. The summed E-state index contributed by atoms with van der Waals surface area (Å²) in [5.74, 6) is -1.71. The van der Waals surface area contributed by atoms with Crippen LogP contribution in [0.5, 0.6) is 0 Å². The predicted octanol–water partition coefficient (Wildman–Crippen LogP) is 1.86. The van der Waals surface area contributed by atoms with Crippen molar-refractivity contribution in [2.45, 2.75) is 19.4 Å². The Balaban J connectivity index is 2.41. The molecule has 0 radical (unpaired) electrons. The molecule has 5 nitrogen and oxygen atoms in total. The maximum atomic E-state index is 12.3. The van der Waals surface area contributed by atoms with Gasteiger partial charge in [-0.2, -0.15) is 0 Å². The Hall–Kier alpha value is -1.59. The van der Waals surface area contributed by atoms with E-state index < -0.39 is 23.7 Å². The van der Waals surface area contributed by atoms with Crippen molar-refractivity contribution in [1.29, 1.82) is 0 Å². The first-order valence-electron chi connectivity index (χ1n) is 5.95. The summed E-state index contributed by atoms with van der Waals surface area (Å²) in [5.41, 5.74) is 0.752. The molecule has 2 atom stereocenters. The van der Waals surface area contributed by atoms with Gasteiger partial charge in [0.1, 0.15) is 0 Å². The maximum absolute atomic E-state index is 12.3. The lowest BCUT2D eigenvalue weighted by molar-refractivity contribution is 0.0622. The molecular weight excluding hydrogens is 270 g/mol. The van der Waals surface area contributed by atoms with Gasteiger partial charge in [-0.3, -0.25) is 4.79 Å². The molecule has 6 heteroatoms. The molecule has 2 aromatic rings. The van der Waals surface area contributed by atoms with Gasteiger partial charge in [0.05, 0.1) is 17.5 Å². The zero-order valence-electron chi connectivity index (χ0n) is 10.4. The Labute approximate surface area is 114 Å². The van der Waals surface area contributed by atoms with Crippen molar-refractivity contribution in [1.82, 2.24) is 4.57 Å². The molecule has 0 fully saturated rings. The van der Waals surface area contributed by atoms with E-state index in [1.165, 1.54) is 0 Å². The standard InChI is InChI=1S/C13H14ClNO4/c1-8(10(16)6-7-14)12(17)15-9-4-2-3-5-11(9)19-13(15)18/h2-5,8,10,16H,6-7H2,1H3.